The Morgan fingerprint density at radius 2 is 2.05 bits per heavy atom. The largest absolute Gasteiger partial charge is 0.496 e. The number of methoxy groups -OCH3 is 1. The second kappa shape index (κ2) is 5.15. The molecule has 0 aliphatic carbocycles. The van der Waals surface area contributed by atoms with Crippen molar-refractivity contribution in [3.05, 3.63) is 29.3 Å². The lowest BCUT2D eigenvalue weighted by molar-refractivity contribution is -0.131. The quantitative estimate of drug-likeness (QED) is 0.857. The summed E-state index contributed by atoms with van der Waals surface area (Å²) < 4.78 is 5.22. The van der Waals surface area contributed by atoms with Crippen LogP contribution in [0.15, 0.2) is 18.2 Å². The number of aryl methyl sites for hydroxylation is 1. The van der Waals surface area contributed by atoms with Crippen LogP contribution in [0.5, 0.6) is 5.75 Å². The number of ether oxygens (including phenoxy) is 1. The molecule has 0 radical (unpaired) electrons. The van der Waals surface area contributed by atoms with Crippen LogP contribution in [-0.4, -0.2) is 30.5 Å². The Kier molecular flexibility index (Phi) is 3.70. The molecule has 0 saturated carbocycles. The number of urea groups is 1. The van der Waals surface area contributed by atoms with Crippen LogP contribution in [0.1, 0.15) is 31.4 Å². The maximum atomic E-state index is 12.5. The predicted molar refractivity (Wildman–Crippen MR) is 75.6 cm³/mol. The topological polar surface area (TPSA) is 58.6 Å². The molecular formula is C15H20N2O3. The fraction of sp³-hybridized carbons (Fsp3) is 0.467. The molecule has 1 aromatic rings. The van der Waals surface area contributed by atoms with Crippen LogP contribution in [0.4, 0.5) is 4.79 Å². The van der Waals surface area contributed by atoms with Gasteiger partial charge in [-0.2, -0.15) is 0 Å². The lowest BCUT2D eigenvalue weighted by Gasteiger charge is -2.23. The minimum atomic E-state index is -0.997. The van der Waals surface area contributed by atoms with Crippen LogP contribution in [0, 0.1) is 6.92 Å². The summed E-state index contributed by atoms with van der Waals surface area (Å²) in [5, 5.41) is 2.79. The number of rotatable bonds is 4. The van der Waals surface area contributed by atoms with Gasteiger partial charge in [-0.15, -0.1) is 0 Å². The van der Waals surface area contributed by atoms with Crippen LogP contribution in [0.2, 0.25) is 0 Å². The number of amides is 3. The minimum absolute atomic E-state index is 0.200. The van der Waals surface area contributed by atoms with Crippen molar-refractivity contribution in [1.29, 1.82) is 0 Å². The van der Waals surface area contributed by atoms with Crippen molar-refractivity contribution in [2.24, 2.45) is 0 Å². The van der Waals surface area contributed by atoms with Gasteiger partial charge >= 0.3 is 6.03 Å². The maximum Gasteiger partial charge on any atom is 0.325 e. The average Bonchev–Trinajstić information content (AvgIpc) is 2.64. The lowest BCUT2D eigenvalue weighted by Crippen LogP contribution is -2.41. The van der Waals surface area contributed by atoms with Gasteiger partial charge in [-0.3, -0.25) is 9.69 Å². The molecule has 1 aliphatic heterocycles. The second-order valence-corrected chi connectivity index (χ2v) is 5.20. The molecule has 1 aromatic carbocycles. The molecule has 5 nitrogen and oxygen atoms in total. The van der Waals surface area contributed by atoms with Gasteiger partial charge in [0, 0.05) is 6.54 Å². The Labute approximate surface area is 118 Å². The number of imide groups is 1. The van der Waals surface area contributed by atoms with Crippen molar-refractivity contribution in [2.45, 2.75) is 32.7 Å². The van der Waals surface area contributed by atoms with Crippen LogP contribution in [-0.2, 0) is 10.3 Å². The van der Waals surface area contributed by atoms with E-state index in [0.29, 0.717) is 6.54 Å². The first-order chi connectivity index (χ1) is 9.43. The van der Waals surface area contributed by atoms with E-state index in [9.17, 15) is 9.59 Å². The van der Waals surface area contributed by atoms with Crippen molar-refractivity contribution in [2.75, 3.05) is 13.7 Å². The molecule has 1 unspecified atom stereocenters. The summed E-state index contributed by atoms with van der Waals surface area (Å²) in [6.07, 6.45) is 0.747. The van der Waals surface area contributed by atoms with E-state index >= 15 is 0 Å². The third-order valence-corrected chi connectivity index (χ3v) is 3.69. The Hall–Kier alpha value is -2.04. The number of hydrogen-bond acceptors (Lipinski definition) is 3. The second-order valence-electron chi connectivity index (χ2n) is 5.20. The smallest absolute Gasteiger partial charge is 0.325 e. The number of carbonyl (C=O) groups excluding carboxylic acids is 2. The van der Waals surface area contributed by atoms with Gasteiger partial charge in [-0.05, 0) is 43.5 Å². The summed E-state index contributed by atoms with van der Waals surface area (Å²) in [5.74, 6) is 0.563. The fourth-order valence-corrected chi connectivity index (χ4v) is 2.51. The molecule has 0 aromatic heterocycles. The zero-order valence-corrected chi connectivity index (χ0v) is 12.3. The van der Waals surface area contributed by atoms with Gasteiger partial charge in [0.25, 0.3) is 5.91 Å². The zero-order valence-electron chi connectivity index (χ0n) is 12.3. The highest BCUT2D eigenvalue weighted by molar-refractivity contribution is 6.07. The fourth-order valence-electron chi connectivity index (χ4n) is 2.51. The molecule has 2 rings (SSSR count). The van der Waals surface area contributed by atoms with Gasteiger partial charge in [0.2, 0.25) is 0 Å². The molecule has 1 aliphatic rings. The van der Waals surface area contributed by atoms with Gasteiger partial charge in [-0.1, -0.05) is 13.0 Å². The summed E-state index contributed by atoms with van der Waals surface area (Å²) in [4.78, 5) is 25.7. The van der Waals surface area contributed by atoms with Crippen molar-refractivity contribution >= 4 is 11.9 Å². The highest BCUT2D eigenvalue weighted by atomic mass is 16.5. The third-order valence-electron chi connectivity index (χ3n) is 3.69. The average molecular weight is 276 g/mol. The van der Waals surface area contributed by atoms with Crippen LogP contribution in [0.25, 0.3) is 0 Å². The normalized spacial score (nSPS) is 22.1. The van der Waals surface area contributed by atoms with Crippen LogP contribution in [0.3, 0.4) is 0 Å². The van der Waals surface area contributed by atoms with E-state index in [0.717, 1.165) is 23.3 Å². The lowest BCUT2D eigenvalue weighted by atomic mass is 9.90. The van der Waals surface area contributed by atoms with Crippen LogP contribution >= 0.6 is 0 Å². The Bertz CT molecular complexity index is 556. The highest BCUT2D eigenvalue weighted by Gasteiger charge is 2.48. The van der Waals surface area contributed by atoms with E-state index in [1.807, 2.05) is 32.0 Å². The summed E-state index contributed by atoms with van der Waals surface area (Å²) >= 11 is 0. The van der Waals surface area contributed by atoms with E-state index in [1.165, 1.54) is 4.90 Å². The predicted octanol–water partition coefficient (Wildman–Crippen LogP) is 2.18. The van der Waals surface area contributed by atoms with Gasteiger partial charge in [0.05, 0.1) is 7.11 Å². The van der Waals surface area contributed by atoms with E-state index in [4.69, 9.17) is 4.74 Å². The van der Waals surface area contributed by atoms with Gasteiger partial charge in [0.15, 0.2) is 0 Å². The molecule has 3 amide bonds. The standard InChI is InChI=1S/C15H20N2O3/c1-5-8-17-13(18)15(3,16-14(17)19)11-6-7-12(20-4)10(2)9-11/h6-7,9H,5,8H2,1-4H3,(H,16,19). The van der Waals surface area contributed by atoms with E-state index in [1.54, 1.807) is 14.0 Å². The van der Waals surface area contributed by atoms with Gasteiger partial charge < -0.3 is 10.1 Å². The molecule has 20 heavy (non-hydrogen) atoms. The molecule has 108 valence electrons. The number of benzene rings is 1. The van der Waals surface area contributed by atoms with E-state index < -0.39 is 5.54 Å². The Morgan fingerprint density at radius 3 is 2.60 bits per heavy atom. The number of nitrogens with one attached hydrogen (secondary N) is 1. The zero-order chi connectivity index (χ0) is 14.9. The molecule has 1 saturated heterocycles. The number of nitrogens with zero attached hydrogens (tertiary/aromatic N) is 1. The van der Waals surface area contributed by atoms with Crippen molar-refractivity contribution in [3.63, 3.8) is 0 Å². The number of carbonyl (C=O) groups is 2. The first kappa shape index (κ1) is 14.4. The molecule has 0 spiro atoms. The molecule has 5 heteroatoms. The van der Waals surface area contributed by atoms with Crippen molar-refractivity contribution < 1.29 is 14.3 Å². The summed E-state index contributed by atoms with van der Waals surface area (Å²) in [7, 11) is 1.61. The molecular weight excluding hydrogens is 256 g/mol. The monoisotopic (exact) mass is 276 g/mol. The third kappa shape index (κ3) is 2.13. The summed E-state index contributed by atoms with van der Waals surface area (Å²) in [6, 6.07) is 5.19. The molecule has 1 fully saturated rings. The molecule has 1 atom stereocenters. The molecule has 1 N–H and O–H groups in total. The first-order valence-electron chi connectivity index (χ1n) is 6.73. The minimum Gasteiger partial charge on any atom is -0.496 e. The Balaban J connectivity index is 2.39. The summed E-state index contributed by atoms with van der Waals surface area (Å²) in [6.45, 7) is 6.03. The molecule has 1 heterocycles. The van der Waals surface area contributed by atoms with Crippen molar-refractivity contribution in [3.8, 4) is 5.75 Å². The maximum absolute atomic E-state index is 12.5. The van der Waals surface area contributed by atoms with Gasteiger partial charge in [0.1, 0.15) is 11.3 Å². The molecule has 0 bridgehead atoms. The van der Waals surface area contributed by atoms with E-state index in [-0.39, 0.29) is 11.9 Å². The summed E-state index contributed by atoms with van der Waals surface area (Å²) in [5.41, 5.74) is 0.707. The SMILES string of the molecule is CCCN1C(=O)NC(C)(c2ccc(OC)c(C)c2)C1=O. The Morgan fingerprint density at radius 1 is 1.35 bits per heavy atom. The van der Waals surface area contributed by atoms with Crippen LogP contribution < -0.4 is 10.1 Å². The van der Waals surface area contributed by atoms with Crippen molar-refractivity contribution in [1.82, 2.24) is 10.2 Å². The highest BCUT2D eigenvalue weighted by Crippen LogP contribution is 2.31. The first-order valence-corrected chi connectivity index (χ1v) is 6.73. The van der Waals surface area contributed by atoms with Gasteiger partial charge in [-0.25, -0.2) is 4.79 Å². The van der Waals surface area contributed by atoms with E-state index in [2.05, 4.69) is 5.32 Å². The number of hydrogen-bond donors (Lipinski definition) is 1.